The molecule has 7 unspecified atom stereocenters. The van der Waals surface area contributed by atoms with Gasteiger partial charge in [0.1, 0.15) is 24.4 Å². The van der Waals surface area contributed by atoms with Gasteiger partial charge in [0.15, 0.2) is 6.29 Å². The Labute approximate surface area is 381 Å². The Morgan fingerprint density at radius 3 is 1.51 bits per heavy atom. The number of unbranched alkanes of at least 4 members (excludes halogenated alkanes) is 7. The Morgan fingerprint density at radius 2 is 1.00 bits per heavy atom. The standard InChI is InChI=1S/C54H85NO8/c1-3-5-7-9-11-13-15-16-17-18-19-20-21-22-23-24-25-26-27-28-29-30-31-32-34-36-38-40-42-44-50(58)55-47(46-62-54-53(61)52(60)51(59)49(45-56)63-54)48(57)43-41-39-37-35-33-14-12-10-8-6-4-2/h5,7,11,13,16-17,19-20,22-23,25-26,28-29,31-33,35-36,38,41,43,47-49,51-54,56-57,59-61H,3-4,6,8-10,12,14-15,18,21,24,27,30,34,37,39-40,42,44-46H2,1-2H3,(H,55,58)/b7-5-,13-11-,17-16-,20-19-,23-22-,26-25-,29-28-,32-31-,35-33+,38-36-,43-41+. The topological polar surface area (TPSA) is 149 Å². The average Bonchev–Trinajstić information content (AvgIpc) is 3.28. The lowest BCUT2D eigenvalue weighted by Gasteiger charge is -2.40. The largest absolute Gasteiger partial charge is 0.394 e. The van der Waals surface area contributed by atoms with E-state index < -0.39 is 49.5 Å². The molecule has 1 amide bonds. The number of carbonyl (C=O) groups is 1. The minimum atomic E-state index is -1.59. The maximum Gasteiger partial charge on any atom is 0.220 e. The molecule has 354 valence electrons. The van der Waals surface area contributed by atoms with Crippen molar-refractivity contribution >= 4 is 5.91 Å². The zero-order valence-corrected chi connectivity index (χ0v) is 38.8. The fourth-order valence-electron chi connectivity index (χ4n) is 6.41. The Kier molecular flexibility index (Phi) is 38.5. The molecule has 6 N–H and O–H groups in total. The highest BCUT2D eigenvalue weighted by Crippen LogP contribution is 2.22. The molecule has 0 bridgehead atoms. The first-order valence-corrected chi connectivity index (χ1v) is 23.9. The zero-order valence-electron chi connectivity index (χ0n) is 38.8. The zero-order chi connectivity index (χ0) is 45.9. The van der Waals surface area contributed by atoms with E-state index in [-0.39, 0.29) is 18.9 Å². The van der Waals surface area contributed by atoms with Gasteiger partial charge in [-0.25, -0.2) is 0 Å². The highest BCUT2D eigenvalue weighted by Gasteiger charge is 2.44. The van der Waals surface area contributed by atoms with E-state index >= 15 is 0 Å². The van der Waals surface area contributed by atoms with E-state index in [0.29, 0.717) is 6.42 Å². The van der Waals surface area contributed by atoms with Crippen molar-refractivity contribution in [2.45, 2.75) is 185 Å². The van der Waals surface area contributed by atoms with Gasteiger partial charge in [-0.3, -0.25) is 4.79 Å². The van der Waals surface area contributed by atoms with Crippen molar-refractivity contribution in [2.24, 2.45) is 0 Å². The summed E-state index contributed by atoms with van der Waals surface area (Å²) in [5, 5.41) is 54.0. The van der Waals surface area contributed by atoms with Gasteiger partial charge in [-0.15, -0.1) is 0 Å². The molecule has 9 nitrogen and oxygen atoms in total. The van der Waals surface area contributed by atoms with Crippen LogP contribution in [-0.4, -0.2) is 87.5 Å². The normalized spacial score (nSPS) is 21.4. The van der Waals surface area contributed by atoms with Gasteiger partial charge in [0.05, 0.1) is 25.4 Å². The van der Waals surface area contributed by atoms with Gasteiger partial charge >= 0.3 is 0 Å². The second kappa shape index (κ2) is 42.3. The quantitative estimate of drug-likeness (QED) is 0.0267. The summed E-state index contributed by atoms with van der Waals surface area (Å²) in [7, 11) is 0. The molecule has 1 rings (SSSR count). The molecule has 0 radical (unpaired) electrons. The molecule has 1 aliphatic heterocycles. The minimum absolute atomic E-state index is 0.234. The molecule has 1 heterocycles. The van der Waals surface area contributed by atoms with E-state index in [1.54, 1.807) is 6.08 Å². The monoisotopic (exact) mass is 876 g/mol. The van der Waals surface area contributed by atoms with Gasteiger partial charge in [0, 0.05) is 6.42 Å². The lowest BCUT2D eigenvalue weighted by Crippen LogP contribution is -2.60. The lowest BCUT2D eigenvalue weighted by molar-refractivity contribution is -0.302. The molecule has 0 aromatic rings. The fourth-order valence-corrected chi connectivity index (χ4v) is 6.41. The molecule has 0 aromatic carbocycles. The summed E-state index contributed by atoms with van der Waals surface area (Å²) in [6, 6.07) is -0.861. The van der Waals surface area contributed by atoms with Crippen LogP contribution in [0.1, 0.15) is 142 Å². The summed E-state index contributed by atoms with van der Waals surface area (Å²) in [5.41, 5.74) is 0. The predicted octanol–water partition coefficient (Wildman–Crippen LogP) is 10.6. The van der Waals surface area contributed by atoms with Crippen LogP contribution >= 0.6 is 0 Å². The predicted molar refractivity (Wildman–Crippen MR) is 262 cm³/mol. The van der Waals surface area contributed by atoms with Gasteiger partial charge in [-0.2, -0.15) is 0 Å². The molecule has 9 heteroatoms. The number of aliphatic hydroxyl groups is 5. The smallest absolute Gasteiger partial charge is 0.220 e. The first kappa shape index (κ1) is 57.3. The Hall–Kier alpha value is -3.67. The number of allylic oxidation sites excluding steroid dienone is 21. The Balaban J connectivity index is 2.35. The third kappa shape index (κ3) is 32.6. The van der Waals surface area contributed by atoms with E-state index in [1.165, 1.54) is 32.1 Å². The van der Waals surface area contributed by atoms with Gasteiger partial charge in [-0.1, -0.05) is 173 Å². The number of aliphatic hydroxyl groups excluding tert-OH is 5. The van der Waals surface area contributed by atoms with Crippen molar-refractivity contribution in [3.05, 3.63) is 134 Å². The first-order chi connectivity index (χ1) is 30.8. The Bertz CT molecular complexity index is 1430. The number of amides is 1. The van der Waals surface area contributed by atoms with Crippen LogP contribution < -0.4 is 5.32 Å². The van der Waals surface area contributed by atoms with Gasteiger partial charge in [0.2, 0.25) is 5.91 Å². The van der Waals surface area contributed by atoms with Gasteiger partial charge in [-0.05, 0) is 96.3 Å². The van der Waals surface area contributed by atoms with E-state index in [1.807, 2.05) is 6.08 Å². The summed E-state index contributed by atoms with van der Waals surface area (Å²) in [5.74, 6) is -0.254. The molecule has 0 saturated carbocycles. The number of rotatable bonds is 37. The number of nitrogens with one attached hydrogen (secondary N) is 1. The fraction of sp³-hybridized carbons (Fsp3) is 0.574. The molecule has 1 aliphatic rings. The number of hydrogen-bond acceptors (Lipinski definition) is 8. The molecular formula is C54H85NO8. The molecule has 0 aliphatic carbocycles. The Morgan fingerprint density at radius 1 is 0.556 bits per heavy atom. The SMILES string of the molecule is CC/C=C\C/C=C\C/C=C\C/C=C\C/C=C\C/C=C\C/C=C\C/C=C\C/C=C\CCCC(=O)NC(COC1OC(CO)C(O)C(O)C1O)C(O)/C=C/CC/C=C/CCCCCCC. The third-order valence-corrected chi connectivity index (χ3v) is 10.2. The lowest BCUT2D eigenvalue weighted by atomic mass is 9.99. The highest BCUT2D eigenvalue weighted by atomic mass is 16.7. The van der Waals surface area contributed by atoms with Crippen LogP contribution in [0.2, 0.25) is 0 Å². The molecule has 7 atom stereocenters. The molecule has 0 spiro atoms. The van der Waals surface area contributed by atoms with Gasteiger partial charge < -0.3 is 40.3 Å². The highest BCUT2D eigenvalue weighted by molar-refractivity contribution is 5.76. The summed E-state index contributed by atoms with van der Waals surface area (Å²) in [4.78, 5) is 12.9. The summed E-state index contributed by atoms with van der Waals surface area (Å²) in [6.07, 6.45) is 58.0. The summed E-state index contributed by atoms with van der Waals surface area (Å²) < 4.78 is 11.1. The van der Waals surface area contributed by atoms with E-state index in [4.69, 9.17) is 9.47 Å². The molecule has 63 heavy (non-hydrogen) atoms. The van der Waals surface area contributed by atoms with Gasteiger partial charge in [0.25, 0.3) is 0 Å². The van der Waals surface area contributed by atoms with Crippen LogP contribution in [0.4, 0.5) is 0 Å². The van der Waals surface area contributed by atoms with E-state index in [0.717, 1.165) is 83.5 Å². The van der Waals surface area contributed by atoms with Crippen molar-refractivity contribution in [2.75, 3.05) is 13.2 Å². The van der Waals surface area contributed by atoms with Crippen molar-refractivity contribution in [1.82, 2.24) is 5.32 Å². The number of carbonyl (C=O) groups excluding carboxylic acids is 1. The van der Waals surface area contributed by atoms with Crippen LogP contribution in [-0.2, 0) is 14.3 Å². The van der Waals surface area contributed by atoms with E-state index in [9.17, 15) is 30.3 Å². The van der Waals surface area contributed by atoms with Crippen LogP contribution in [0.25, 0.3) is 0 Å². The molecule has 0 aromatic heterocycles. The summed E-state index contributed by atoms with van der Waals surface area (Å²) in [6.45, 7) is 3.55. The number of ether oxygens (including phenoxy) is 2. The molecule has 1 fully saturated rings. The minimum Gasteiger partial charge on any atom is -0.394 e. The summed E-state index contributed by atoms with van der Waals surface area (Å²) >= 11 is 0. The van der Waals surface area contributed by atoms with Crippen molar-refractivity contribution < 1.29 is 39.8 Å². The van der Waals surface area contributed by atoms with E-state index in [2.05, 4.69) is 141 Å². The third-order valence-electron chi connectivity index (χ3n) is 10.2. The van der Waals surface area contributed by atoms with Crippen LogP contribution in [0, 0.1) is 0 Å². The number of hydrogen-bond donors (Lipinski definition) is 6. The maximum absolute atomic E-state index is 12.9. The average molecular weight is 876 g/mol. The second-order valence-corrected chi connectivity index (χ2v) is 15.8. The maximum atomic E-state index is 12.9. The second-order valence-electron chi connectivity index (χ2n) is 15.8. The van der Waals surface area contributed by atoms with Crippen molar-refractivity contribution in [3.8, 4) is 0 Å². The first-order valence-electron chi connectivity index (χ1n) is 23.9. The van der Waals surface area contributed by atoms with Crippen LogP contribution in [0.15, 0.2) is 134 Å². The van der Waals surface area contributed by atoms with Crippen molar-refractivity contribution in [1.29, 1.82) is 0 Å². The molecular weight excluding hydrogens is 791 g/mol. The van der Waals surface area contributed by atoms with Crippen LogP contribution in [0.3, 0.4) is 0 Å². The molecule has 1 saturated heterocycles. The van der Waals surface area contributed by atoms with Crippen molar-refractivity contribution in [3.63, 3.8) is 0 Å². The van der Waals surface area contributed by atoms with Crippen LogP contribution in [0.5, 0.6) is 0 Å².